The van der Waals surface area contributed by atoms with Crippen LogP contribution < -0.4 is 4.90 Å². The van der Waals surface area contributed by atoms with E-state index in [-0.39, 0.29) is 12.0 Å². The predicted molar refractivity (Wildman–Crippen MR) is 99.9 cm³/mol. The topological polar surface area (TPSA) is 58.6 Å². The molecule has 0 saturated carbocycles. The third-order valence-corrected chi connectivity index (χ3v) is 5.06. The van der Waals surface area contributed by atoms with Gasteiger partial charge in [0, 0.05) is 38.3 Å². The monoisotopic (exact) mass is 352 g/mol. The van der Waals surface area contributed by atoms with E-state index in [1.807, 2.05) is 47.4 Å². The number of amides is 1. The highest BCUT2D eigenvalue weighted by atomic mass is 16.5. The predicted octanol–water partition coefficient (Wildman–Crippen LogP) is 2.36. The van der Waals surface area contributed by atoms with E-state index in [1.54, 1.807) is 0 Å². The van der Waals surface area contributed by atoms with Crippen molar-refractivity contribution in [3.05, 3.63) is 42.5 Å². The van der Waals surface area contributed by atoms with E-state index in [2.05, 4.69) is 15.1 Å². The molecule has 6 heteroatoms. The fourth-order valence-corrected chi connectivity index (χ4v) is 3.60. The lowest BCUT2D eigenvalue weighted by Crippen LogP contribution is -2.41. The number of aromatic nitrogens is 2. The van der Waals surface area contributed by atoms with Gasteiger partial charge >= 0.3 is 0 Å². The number of carbonyl (C=O) groups is 1. The number of carbonyl (C=O) groups excluding carboxylic acids is 1. The Labute approximate surface area is 153 Å². The van der Waals surface area contributed by atoms with Gasteiger partial charge in [0.05, 0.1) is 5.69 Å². The lowest BCUT2D eigenvalue weighted by molar-refractivity contribution is -0.140. The molecule has 1 aromatic carbocycles. The van der Waals surface area contributed by atoms with Crippen LogP contribution in [0.2, 0.25) is 0 Å². The molecule has 0 N–H and O–H groups in total. The maximum atomic E-state index is 12.6. The first-order valence-electron chi connectivity index (χ1n) is 9.36. The van der Waals surface area contributed by atoms with Crippen LogP contribution in [0.1, 0.15) is 19.3 Å². The summed E-state index contributed by atoms with van der Waals surface area (Å²) in [5, 5.41) is 8.80. The van der Waals surface area contributed by atoms with Crippen LogP contribution in [0.5, 0.6) is 0 Å². The second-order valence-electron chi connectivity index (χ2n) is 6.81. The van der Waals surface area contributed by atoms with E-state index in [0.717, 1.165) is 56.0 Å². The Balaban J connectivity index is 1.40. The molecule has 2 fully saturated rings. The molecule has 0 bridgehead atoms. The summed E-state index contributed by atoms with van der Waals surface area (Å²) >= 11 is 0. The number of hydrogen-bond donors (Lipinski definition) is 0. The quantitative estimate of drug-likeness (QED) is 0.849. The van der Waals surface area contributed by atoms with Gasteiger partial charge in [0.15, 0.2) is 5.82 Å². The lowest BCUT2D eigenvalue weighted by atomic mass is 10.1. The van der Waals surface area contributed by atoms with Crippen LogP contribution in [-0.4, -0.2) is 59.9 Å². The van der Waals surface area contributed by atoms with Crippen molar-refractivity contribution in [3.8, 4) is 11.3 Å². The van der Waals surface area contributed by atoms with E-state index < -0.39 is 0 Å². The van der Waals surface area contributed by atoms with Gasteiger partial charge in [0.25, 0.3) is 5.91 Å². The third kappa shape index (κ3) is 3.70. The molecule has 2 aliphatic rings. The van der Waals surface area contributed by atoms with Gasteiger partial charge in [-0.25, -0.2) is 0 Å². The Bertz CT molecular complexity index is 729. The van der Waals surface area contributed by atoms with Crippen LogP contribution in [0.25, 0.3) is 11.3 Å². The van der Waals surface area contributed by atoms with Gasteiger partial charge < -0.3 is 14.5 Å². The molecule has 0 radical (unpaired) electrons. The average Bonchev–Trinajstić information content (AvgIpc) is 3.13. The van der Waals surface area contributed by atoms with Crippen LogP contribution in [0, 0.1) is 0 Å². The molecule has 1 aromatic heterocycles. The largest absolute Gasteiger partial charge is 0.368 e. The third-order valence-electron chi connectivity index (χ3n) is 5.06. The highest BCUT2D eigenvalue weighted by molar-refractivity contribution is 5.81. The van der Waals surface area contributed by atoms with Crippen LogP contribution >= 0.6 is 0 Å². The van der Waals surface area contributed by atoms with Crippen LogP contribution in [0.15, 0.2) is 42.5 Å². The first kappa shape index (κ1) is 17.0. The van der Waals surface area contributed by atoms with Crippen molar-refractivity contribution in [1.82, 2.24) is 15.1 Å². The Morgan fingerprint density at radius 1 is 0.962 bits per heavy atom. The van der Waals surface area contributed by atoms with Crippen molar-refractivity contribution in [2.24, 2.45) is 0 Å². The van der Waals surface area contributed by atoms with E-state index >= 15 is 0 Å². The van der Waals surface area contributed by atoms with Crippen molar-refractivity contribution < 1.29 is 9.53 Å². The zero-order valence-electron chi connectivity index (χ0n) is 14.9. The molecule has 4 rings (SSSR count). The lowest BCUT2D eigenvalue weighted by Gasteiger charge is -2.24. The molecule has 136 valence electrons. The zero-order chi connectivity index (χ0) is 17.8. The summed E-state index contributed by atoms with van der Waals surface area (Å²) in [5.41, 5.74) is 1.94. The summed E-state index contributed by atoms with van der Waals surface area (Å²) in [6.07, 6.45) is 2.54. The number of hydrogen-bond acceptors (Lipinski definition) is 5. The van der Waals surface area contributed by atoms with E-state index in [1.165, 1.54) is 0 Å². The Hall–Kier alpha value is -2.47. The van der Waals surface area contributed by atoms with Gasteiger partial charge in [-0.3, -0.25) is 4.79 Å². The van der Waals surface area contributed by atoms with Gasteiger partial charge in [-0.1, -0.05) is 30.3 Å². The normalized spacial score (nSPS) is 20.8. The van der Waals surface area contributed by atoms with Crippen molar-refractivity contribution in [3.63, 3.8) is 0 Å². The minimum Gasteiger partial charge on any atom is -0.368 e. The molecular weight excluding hydrogens is 328 g/mol. The van der Waals surface area contributed by atoms with Crippen molar-refractivity contribution in [1.29, 1.82) is 0 Å². The van der Waals surface area contributed by atoms with Gasteiger partial charge in [0.2, 0.25) is 0 Å². The maximum absolute atomic E-state index is 12.6. The molecule has 26 heavy (non-hydrogen) atoms. The molecule has 2 aromatic rings. The SMILES string of the molecule is O=C([C@H]1CCCO1)N1CCCN(c2ccc(-c3ccccc3)nn2)CC1. The molecule has 0 aliphatic carbocycles. The van der Waals surface area contributed by atoms with Crippen molar-refractivity contribution in [2.45, 2.75) is 25.4 Å². The summed E-state index contributed by atoms with van der Waals surface area (Å²) in [4.78, 5) is 16.7. The fraction of sp³-hybridized carbons (Fsp3) is 0.450. The Kier molecular flexibility index (Phi) is 5.11. The summed E-state index contributed by atoms with van der Waals surface area (Å²) in [6, 6.07) is 14.1. The summed E-state index contributed by atoms with van der Waals surface area (Å²) in [6.45, 7) is 3.86. The highest BCUT2D eigenvalue weighted by Gasteiger charge is 2.29. The van der Waals surface area contributed by atoms with Gasteiger partial charge in [-0.05, 0) is 31.4 Å². The van der Waals surface area contributed by atoms with Gasteiger partial charge in [-0.15, -0.1) is 10.2 Å². The first-order chi connectivity index (χ1) is 12.8. The second kappa shape index (κ2) is 7.83. The molecule has 2 saturated heterocycles. The number of rotatable bonds is 3. The van der Waals surface area contributed by atoms with E-state index in [4.69, 9.17) is 4.74 Å². The summed E-state index contributed by atoms with van der Waals surface area (Å²) < 4.78 is 5.55. The summed E-state index contributed by atoms with van der Waals surface area (Å²) in [7, 11) is 0. The average molecular weight is 352 g/mol. The molecule has 0 unspecified atom stereocenters. The maximum Gasteiger partial charge on any atom is 0.251 e. The van der Waals surface area contributed by atoms with Crippen molar-refractivity contribution >= 4 is 11.7 Å². The van der Waals surface area contributed by atoms with Crippen molar-refractivity contribution in [2.75, 3.05) is 37.7 Å². The minimum absolute atomic E-state index is 0.148. The Morgan fingerprint density at radius 2 is 1.85 bits per heavy atom. The standard InChI is InChI=1S/C20H24N4O2/c25-20(18-8-4-15-26-18)24-12-5-11-23(13-14-24)19-10-9-17(21-22-19)16-6-2-1-3-7-16/h1-3,6-7,9-10,18H,4-5,8,11-15H2/t18-/m1/s1. The molecule has 0 spiro atoms. The smallest absolute Gasteiger partial charge is 0.251 e. The molecule has 1 amide bonds. The second-order valence-corrected chi connectivity index (χ2v) is 6.81. The van der Waals surface area contributed by atoms with Gasteiger partial charge in [0.1, 0.15) is 6.10 Å². The van der Waals surface area contributed by atoms with Crippen LogP contribution in [0.4, 0.5) is 5.82 Å². The summed E-state index contributed by atoms with van der Waals surface area (Å²) in [5.74, 6) is 1.02. The number of benzene rings is 1. The minimum atomic E-state index is -0.230. The number of ether oxygens (including phenoxy) is 1. The molecule has 2 aliphatic heterocycles. The van der Waals surface area contributed by atoms with Crippen LogP contribution in [0.3, 0.4) is 0 Å². The number of anilines is 1. The molecule has 3 heterocycles. The molecular formula is C20H24N4O2. The van der Waals surface area contributed by atoms with E-state index in [9.17, 15) is 4.79 Å². The molecule has 6 nitrogen and oxygen atoms in total. The number of nitrogens with zero attached hydrogens (tertiary/aromatic N) is 4. The van der Waals surface area contributed by atoms with E-state index in [0.29, 0.717) is 13.2 Å². The fourth-order valence-electron chi connectivity index (χ4n) is 3.60. The molecule has 1 atom stereocenters. The first-order valence-corrected chi connectivity index (χ1v) is 9.36. The zero-order valence-corrected chi connectivity index (χ0v) is 14.9. The Morgan fingerprint density at radius 3 is 2.58 bits per heavy atom. The van der Waals surface area contributed by atoms with Crippen LogP contribution in [-0.2, 0) is 9.53 Å². The highest BCUT2D eigenvalue weighted by Crippen LogP contribution is 2.20. The van der Waals surface area contributed by atoms with Gasteiger partial charge in [-0.2, -0.15) is 0 Å².